The Morgan fingerprint density at radius 3 is 2.55 bits per heavy atom. The number of para-hydroxylation sites is 2. The van der Waals surface area contributed by atoms with Gasteiger partial charge in [0.1, 0.15) is 0 Å². The topological polar surface area (TPSA) is 42.9 Å². The molecule has 0 atom stereocenters. The zero-order valence-corrected chi connectivity index (χ0v) is 12.8. The van der Waals surface area contributed by atoms with E-state index in [-0.39, 0.29) is 5.78 Å². The average molecular weight is 329 g/mol. The van der Waals surface area contributed by atoms with Crippen LogP contribution in [0.2, 0.25) is 10.0 Å². The van der Waals surface area contributed by atoms with Crippen molar-refractivity contribution >= 4 is 46.1 Å². The molecule has 3 aromatic rings. The Labute approximate surface area is 137 Å². The molecule has 0 aliphatic heterocycles. The van der Waals surface area contributed by atoms with E-state index in [1.165, 1.54) is 6.08 Å². The lowest BCUT2D eigenvalue weighted by molar-refractivity contribution is 0.104. The van der Waals surface area contributed by atoms with Crippen molar-refractivity contribution in [2.75, 3.05) is 0 Å². The van der Waals surface area contributed by atoms with E-state index in [1.807, 2.05) is 24.3 Å². The normalized spacial score (nSPS) is 11.2. The number of benzene rings is 2. The number of carbonyl (C=O) groups is 1. The fourth-order valence-electron chi connectivity index (χ4n) is 1.96. The van der Waals surface area contributed by atoms with Gasteiger partial charge < -0.3 is 0 Å². The van der Waals surface area contributed by atoms with Crippen LogP contribution < -0.4 is 0 Å². The van der Waals surface area contributed by atoms with E-state index in [0.717, 1.165) is 11.0 Å². The van der Waals surface area contributed by atoms with Crippen LogP contribution in [0.25, 0.3) is 17.1 Å². The largest absolute Gasteiger partial charge is 0.289 e. The van der Waals surface area contributed by atoms with E-state index in [4.69, 9.17) is 23.2 Å². The maximum atomic E-state index is 12.1. The number of aromatic nitrogens is 2. The Balaban J connectivity index is 1.85. The molecule has 22 heavy (non-hydrogen) atoms. The van der Waals surface area contributed by atoms with Gasteiger partial charge in [-0.1, -0.05) is 35.3 Å². The van der Waals surface area contributed by atoms with Gasteiger partial charge in [0.05, 0.1) is 33.0 Å². The Kier molecular flexibility index (Phi) is 4.18. The Morgan fingerprint density at radius 1 is 1.00 bits per heavy atom. The maximum absolute atomic E-state index is 12.1. The smallest absolute Gasteiger partial charge is 0.185 e. The summed E-state index contributed by atoms with van der Waals surface area (Å²) in [7, 11) is 0. The maximum Gasteiger partial charge on any atom is 0.185 e. The van der Waals surface area contributed by atoms with E-state index < -0.39 is 0 Å². The number of nitrogens with zero attached hydrogens (tertiary/aromatic N) is 2. The third-order valence-corrected chi connectivity index (χ3v) is 3.82. The molecule has 3 rings (SSSR count). The van der Waals surface area contributed by atoms with Crippen LogP contribution in [-0.2, 0) is 0 Å². The molecule has 0 aliphatic rings. The SMILES string of the molecule is O=C(/C=C/c1cnc2ccccc2n1)c1ccc(Cl)c(Cl)c1. The molecule has 0 radical (unpaired) electrons. The van der Waals surface area contributed by atoms with Crippen LogP contribution in [0, 0.1) is 0 Å². The van der Waals surface area contributed by atoms with Crippen molar-refractivity contribution in [2.45, 2.75) is 0 Å². The summed E-state index contributed by atoms with van der Waals surface area (Å²) >= 11 is 11.7. The lowest BCUT2D eigenvalue weighted by atomic mass is 10.1. The summed E-state index contributed by atoms with van der Waals surface area (Å²) in [6.07, 6.45) is 4.70. The average Bonchev–Trinajstić information content (AvgIpc) is 2.55. The van der Waals surface area contributed by atoms with Gasteiger partial charge in [-0.3, -0.25) is 9.78 Å². The lowest BCUT2D eigenvalue weighted by Gasteiger charge is -1.99. The molecule has 0 fully saturated rings. The number of fused-ring (bicyclic) bond motifs is 1. The first-order valence-electron chi connectivity index (χ1n) is 6.53. The monoisotopic (exact) mass is 328 g/mol. The molecule has 0 amide bonds. The number of halogens is 2. The molecule has 0 saturated heterocycles. The van der Waals surface area contributed by atoms with Crippen LogP contribution in [0.3, 0.4) is 0 Å². The minimum absolute atomic E-state index is 0.173. The van der Waals surface area contributed by atoms with E-state index in [1.54, 1.807) is 30.5 Å². The molecule has 0 aliphatic carbocycles. The van der Waals surface area contributed by atoms with E-state index >= 15 is 0 Å². The van der Waals surface area contributed by atoms with Gasteiger partial charge in [0.15, 0.2) is 5.78 Å². The highest BCUT2D eigenvalue weighted by Gasteiger charge is 2.05. The number of rotatable bonds is 3. The van der Waals surface area contributed by atoms with Crippen molar-refractivity contribution in [2.24, 2.45) is 0 Å². The second-order valence-electron chi connectivity index (χ2n) is 4.61. The van der Waals surface area contributed by atoms with Gasteiger partial charge >= 0.3 is 0 Å². The lowest BCUT2D eigenvalue weighted by Crippen LogP contribution is -1.94. The van der Waals surface area contributed by atoms with Crippen LogP contribution in [0.5, 0.6) is 0 Å². The Bertz CT molecular complexity index is 891. The highest BCUT2D eigenvalue weighted by atomic mass is 35.5. The van der Waals surface area contributed by atoms with Gasteiger partial charge in [-0.2, -0.15) is 0 Å². The zero-order valence-electron chi connectivity index (χ0n) is 11.3. The Hall–Kier alpha value is -2.23. The standard InChI is InChI=1S/C17H10Cl2N2O/c18-13-7-5-11(9-14(13)19)17(22)8-6-12-10-20-15-3-1-2-4-16(15)21-12/h1-10H/b8-6+. The molecule has 0 N–H and O–H groups in total. The number of ketones is 1. The fraction of sp³-hybridized carbons (Fsp3) is 0. The van der Waals surface area contributed by atoms with Crippen molar-refractivity contribution in [3.05, 3.63) is 76.0 Å². The van der Waals surface area contributed by atoms with Gasteiger partial charge in [-0.25, -0.2) is 4.98 Å². The van der Waals surface area contributed by atoms with Gasteiger partial charge in [0, 0.05) is 5.56 Å². The number of allylic oxidation sites excluding steroid dienone is 1. The predicted octanol–water partition coefficient (Wildman–Crippen LogP) is 4.83. The zero-order chi connectivity index (χ0) is 15.5. The number of carbonyl (C=O) groups excluding carboxylic acids is 1. The predicted molar refractivity (Wildman–Crippen MR) is 89.4 cm³/mol. The van der Waals surface area contributed by atoms with E-state index in [9.17, 15) is 4.79 Å². The quantitative estimate of drug-likeness (QED) is 0.510. The summed E-state index contributed by atoms with van der Waals surface area (Å²) in [4.78, 5) is 20.8. The summed E-state index contributed by atoms with van der Waals surface area (Å²) in [5.74, 6) is -0.173. The molecule has 3 nitrogen and oxygen atoms in total. The van der Waals surface area contributed by atoms with Crippen molar-refractivity contribution in [3.8, 4) is 0 Å². The highest BCUT2D eigenvalue weighted by Crippen LogP contribution is 2.23. The number of hydrogen-bond donors (Lipinski definition) is 0. The van der Waals surface area contributed by atoms with Gasteiger partial charge in [0.25, 0.3) is 0 Å². The van der Waals surface area contributed by atoms with Crippen LogP contribution >= 0.6 is 23.2 Å². The number of hydrogen-bond acceptors (Lipinski definition) is 3. The van der Waals surface area contributed by atoms with Gasteiger partial charge in [-0.05, 0) is 42.5 Å². The summed E-state index contributed by atoms with van der Waals surface area (Å²) in [6.45, 7) is 0. The van der Waals surface area contributed by atoms with Crippen molar-refractivity contribution in [3.63, 3.8) is 0 Å². The third-order valence-electron chi connectivity index (χ3n) is 3.08. The molecule has 1 heterocycles. The highest BCUT2D eigenvalue weighted by molar-refractivity contribution is 6.42. The van der Waals surface area contributed by atoms with Gasteiger partial charge in [-0.15, -0.1) is 0 Å². The first kappa shape index (κ1) is 14.7. The molecule has 0 saturated carbocycles. The van der Waals surface area contributed by atoms with Crippen LogP contribution in [0.4, 0.5) is 0 Å². The molecule has 0 bridgehead atoms. The van der Waals surface area contributed by atoms with Crippen LogP contribution in [0.1, 0.15) is 16.1 Å². The van der Waals surface area contributed by atoms with E-state index in [0.29, 0.717) is 21.3 Å². The minimum atomic E-state index is -0.173. The van der Waals surface area contributed by atoms with Crippen molar-refractivity contribution < 1.29 is 4.79 Å². The molecule has 1 aromatic heterocycles. The molecular formula is C17H10Cl2N2O. The van der Waals surface area contributed by atoms with E-state index in [2.05, 4.69) is 9.97 Å². The van der Waals surface area contributed by atoms with Crippen LogP contribution in [-0.4, -0.2) is 15.8 Å². The molecule has 0 unspecified atom stereocenters. The fourth-order valence-corrected chi connectivity index (χ4v) is 2.26. The summed E-state index contributed by atoms with van der Waals surface area (Å²) in [6, 6.07) is 12.3. The first-order chi connectivity index (χ1) is 10.6. The van der Waals surface area contributed by atoms with Crippen molar-refractivity contribution in [1.29, 1.82) is 0 Å². The van der Waals surface area contributed by atoms with Crippen LogP contribution in [0.15, 0.2) is 54.7 Å². The molecule has 108 valence electrons. The Morgan fingerprint density at radius 2 is 1.77 bits per heavy atom. The van der Waals surface area contributed by atoms with Crippen molar-refractivity contribution in [1.82, 2.24) is 9.97 Å². The summed E-state index contributed by atoms with van der Waals surface area (Å²) in [5, 5.41) is 0.772. The molecule has 5 heteroatoms. The second kappa shape index (κ2) is 6.26. The molecular weight excluding hydrogens is 319 g/mol. The second-order valence-corrected chi connectivity index (χ2v) is 5.42. The van der Waals surface area contributed by atoms with Gasteiger partial charge in [0.2, 0.25) is 0 Å². The molecule has 2 aromatic carbocycles. The summed E-state index contributed by atoms with van der Waals surface area (Å²) < 4.78 is 0. The first-order valence-corrected chi connectivity index (χ1v) is 7.28. The third kappa shape index (κ3) is 3.16. The molecule has 0 spiro atoms. The summed E-state index contributed by atoms with van der Waals surface area (Å²) in [5.41, 5.74) is 2.69. The minimum Gasteiger partial charge on any atom is -0.289 e.